The molecule has 12 rings (SSSR count). The Morgan fingerprint density at radius 3 is 1.36 bits per heavy atom. The summed E-state index contributed by atoms with van der Waals surface area (Å²) in [4.78, 5) is 16.0. The van der Waals surface area contributed by atoms with Crippen molar-refractivity contribution in [3.63, 3.8) is 0 Å². The van der Waals surface area contributed by atoms with E-state index in [1.807, 2.05) is 48.5 Å². The topological polar surface area (TPSA) is 65.0 Å². The summed E-state index contributed by atoms with van der Waals surface area (Å²) in [6, 6.07) is 60.9. The van der Waals surface area contributed by atoms with Gasteiger partial charge in [-0.15, -0.1) is 0 Å². The number of aromatic nitrogens is 3. The summed E-state index contributed by atoms with van der Waals surface area (Å²) < 4.78 is 12.6. The van der Waals surface area contributed by atoms with E-state index < -0.39 is 0 Å². The van der Waals surface area contributed by atoms with E-state index in [4.69, 9.17) is 23.8 Å². The number of hydrogen-bond donors (Lipinski definition) is 0. The van der Waals surface area contributed by atoms with Crippen molar-refractivity contribution in [2.24, 2.45) is 0 Å². The Kier molecular flexibility index (Phi) is 6.56. The van der Waals surface area contributed by atoms with Gasteiger partial charge in [-0.3, -0.25) is 0 Å². The van der Waals surface area contributed by atoms with Gasteiger partial charge in [0, 0.05) is 38.2 Å². The normalized spacial score (nSPS) is 11.9. The van der Waals surface area contributed by atoms with Gasteiger partial charge in [0.15, 0.2) is 17.5 Å². The minimum Gasteiger partial charge on any atom is -0.456 e. The van der Waals surface area contributed by atoms with Gasteiger partial charge in [0.2, 0.25) is 0 Å². The molecule has 0 atom stereocenters. The Morgan fingerprint density at radius 1 is 0.268 bits per heavy atom. The maximum Gasteiger partial charge on any atom is 0.164 e. The molecule has 12 aromatic rings. The average Bonchev–Trinajstić information content (AvgIpc) is 3.84. The van der Waals surface area contributed by atoms with Gasteiger partial charge in [-0.2, -0.15) is 0 Å². The van der Waals surface area contributed by atoms with Gasteiger partial charge in [0.25, 0.3) is 0 Å². The van der Waals surface area contributed by atoms with E-state index in [0.29, 0.717) is 17.5 Å². The van der Waals surface area contributed by atoms with Crippen LogP contribution in [0.1, 0.15) is 0 Å². The van der Waals surface area contributed by atoms with E-state index in [2.05, 4.69) is 127 Å². The molecule has 9 aromatic carbocycles. The van der Waals surface area contributed by atoms with Crippen molar-refractivity contribution < 1.29 is 8.83 Å². The predicted molar refractivity (Wildman–Crippen MR) is 229 cm³/mol. The third kappa shape index (κ3) is 4.58. The molecular formula is C51H29N3O2. The lowest BCUT2D eigenvalue weighted by molar-refractivity contribution is 0.668. The van der Waals surface area contributed by atoms with Crippen LogP contribution in [0.3, 0.4) is 0 Å². The number of rotatable bonds is 4. The van der Waals surface area contributed by atoms with Crippen molar-refractivity contribution in [2.45, 2.75) is 0 Å². The average molecular weight is 716 g/mol. The molecule has 0 aliphatic carbocycles. The fourth-order valence-electron chi connectivity index (χ4n) is 8.67. The minimum absolute atomic E-state index is 0.585. The van der Waals surface area contributed by atoms with E-state index >= 15 is 0 Å². The molecule has 0 fully saturated rings. The Hall–Kier alpha value is -7.63. The first-order valence-electron chi connectivity index (χ1n) is 18.8. The lowest BCUT2D eigenvalue weighted by Crippen LogP contribution is -2.01. The molecule has 0 bridgehead atoms. The zero-order valence-electron chi connectivity index (χ0n) is 29.9. The second-order valence-electron chi connectivity index (χ2n) is 14.3. The quantitative estimate of drug-likeness (QED) is 0.170. The fraction of sp³-hybridized carbons (Fsp3) is 0. The number of fused-ring (bicyclic) bond motifs is 10. The summed E-state index contributed by atoms with van der Waals surface area (Å²) in [7, 11) is 0. The van der Waals surface area contributed by atoms with Crippen molar-refractivity contribution in [2.75, 3.05) is 0 Å². The Balaban J connectivity index is 1.15. The van der Waals surface area contributed by atoms with Crippen LogP contribution in [0.15, 0.2) is 185 Å². The summed E-state index contributed by atoms with van der Waals surface area (Å²) in [5.41, 5.74) is 8.36. The molecule has 0 unspecified atom stereocenters. The number of para-hydroxylation sites is 2. The highest BCUT2D eigenvalue weighted by molar-refractivity contribution is 6.17. The van der Waals surface area contributed by atoms with Gasteiger partial charge in [-0.25, -0.2) is 15.0 Å². The van der Waals surface area contributed by atoms with E-state index in [9.17, 15) is 0 Å². The summed E-state index contributed by atoms with van der Waals surface area (Å²) >= 11 is 0. The van der Waals surface area contributed by atoms with E-state index in [1.165, 1.54) is 5.39 Å². The SMILES string of the molecule is c1ccc2c(c1)cc(-c1nc(-c3ccc(-c4cccc5oc6ccccc6c45)c4ccccc34)nc(-c3cccc4oc5ccccc5c34)n1)c1ccccc12. The molecule has 0 spiro atoms. The molecule has 3 heterocycles. The van der Waals surface area contributed by atoms with Crippen molar-refractivity contribution in [1.82, 2.24) is 15.0 Å². The Labute approximate surface area is 320 Å². The van der Waals surface area contributed by atoms with Gasteiger partial charge in [-0.05, 0) is 79.8 Å². The second kappa shape index (κ2) is 11.9. The van der Waals surface area contributed by atoms with Crippen LogP contribution in [0, 0.1) is 0 Å². The lowest BCUT2D eigenvalue weighted by Gasteiger charge is -2.15. The van der Waals surface area contributed by atoms with Crippen molar-refractivity contribution in [3.05, 3.63) is 176 Å². The maximum absolute atomic E-state index is 6.34. The minimum atomic E-state index is 0.585. The van der Waals surface area contributed by atoms with Crippen molar-refractivity contribution in [3.8, 4) is 45.3 Å². The van der Waals surface area contributed by atoms with Crippen LogP contribution in [0.4, 0.5) is 0 Å². The summed E-state index contributed by atoms with van der Waals surface area (Å²) in [6.45, 7) is 0. The smallest absolute Gasteiger partial charge is 0.164 e. The molecule has 3 aromatic heterocycles. The predicted octanol–water partition coefficient (Wildman–Crippen LogP) is 13.8. The van der Waals surface area contributed by atoms with E-state index in [0.717, 1.165) is 98.6 Å². The first-order valence-corrected chi connectivity index (χ1v) is 18.8. The molecule has 56 heavy (non-hydrogen) atoms. The second-order valence-corrected chi connectivity index (χ2v) is 14.3. The summed E-state index contributed by atoms with van der Waals surface area (Å²) in [5, 5.41) is 10.9. The van der Waals surface area contributed by atoms with Gasteiger partial charge in [-0.1, -0.05) is 140 Å². The molecular weight excluding hydrogens is 687 g/mol. The standard InChI is InChI=1S/C51H29N3O2/c1-2-14-31-30(13-1)29-42(35-18-6-3-15-32(31)35)51-53-49(52-50(54-51)41-22-12-26-46-48(41)40-20-8-10-24-44(40)56-46)38-28-27-36(33-16-4-5-17-34(33)38)37-21-11-25-45-47(37)39-19-7-9-23-43(39)55-45/h1-29H. The molecule has 0 amide bonds. The number of benzene rings is 9. The molecule has 0 radical (unpaired) electrons. The van der Waals surface area contributed by atoms with Crippen LogP contribution in [0.5, 0.6) is 0 Å². The largest absolute Gasteiger partial charge is 0.456 e. The van der Waals surface area contributed by atoms with Crippen LogP contribution < -0.4 is 0 Å². The van der Waals surface area contributed by atoms with Gasteiger partial charge in [0.05, 0.1) is 0 Å². The first-order chi connectivity index (χ1) is 27.8. The van der Waals surface area contributed by atoms with Crippen LogP contribution in [-0.2, 0) is 0 Å². The highest BCUT2D eigenvalue weighted by atomic mass is 16.3. The highest BCUT2D eigenvalue weighted by Crippen LogP contribution is 2.43. The Morgan fingerprint density at radius 2 is 0.696 bits per heavy atom. The molecule has 260 valence electrons. The maximum atomic E-state index is 6.34. The third-order valence-electron chi connectivity index (χ3n) is 11.1. The first kappa shape index (κ1) is 30.8. The van der Waals surface area contributed by atoms with Crippen molar-refractivity contribution >= 4 is 76.2 Å². The van der Waals surface area contributed by atoms with Crippen LogP contribution in [-0.4, -0.2) is 15.0 Å². The molecule has 5 heteroatoms. The molecule has 0 aliphatic rings. The number of furan rings is 2. The van der Waals surface area contributed by atoms with Gasteiger partial charge < -0.3 is 8.83 Å². The third-order valence-corrected chi connectivity index (χ3v) is 11.1. The molecule has 5 nitrogen and oxygen atoms in total. The molecule has 0 saturated heterocycles. The van der Waals surface area contributed by atoms with E-state index in [1.54, 1.807) is 0 Å². The molecule has 0 aliphatic heterocycles. The number of nitrogens with zero attached hydrogens (tertiary/aromatic N) is 3. The van der Waals surface area contributed by atoms with Crippen LogP contribution in [0.25, 0.3) is 121 Å². The lowest BCUT2D eigenvalue weighted by atomic mass is 9.92. The van der Waals surface area contributed by atoms with Gasteiger partial charge >= 0.3 is 0 Å². The van der Waals surface area contributed by atoms with E-state index in [-0.39, 0.29) is 0 Å². The van der Waals surface area contributed by atoms with Crippen LogP contribution in [0.2, 0.25) is 0 Å². The fourth-order valence-corrected chi connectivity index (χ4v) is 8.67. The zero-order valence-corrected chi connectivity index (χ0v) is 29.9. The van der Waals surface area contributed by atoms with Crippen LogP contribution >= 0.6 is 0 Å². The summed E-state index contributed by atoms with van der Waals surface area (Å²) in [6.07, 6.45) is 0. The summed E-state index contributed by atoms with van der Waals surface area (Å²) in [5.74, 6) is 1.79. The molecule has 0 N–H and O–H groups in total. The van der Waals surface area contributed by atoms with Crippen molar-refractivity contribution in [1.29, 1.82) is 0 Å². The highest BCUT2D eigenvalue weighted by Gasteiger charge is 2.21. The Bertz CT molecular complexity index is 3560. The number of hydrogen-bond acceptors (Lipinski definition) is 5. The zero-order chi connectivity index (χ0) is 36.7. The van der Waals surface area contributed by atoms with Gasteiger partial charge in [0.1, 0.15) is 22.3 Å². The monoisotopic (exact) mass is 715 g/mol. The molecule has 0 saturated carbocycles.